The Balaban J connectivity index is 1.77. The average molecular weight is 281 g/mol. The molecule has 1 unspecified atom stereocenters. The average Bonchev–Trinajstić information content (AvgIpc) is 2.84. The van der Waals surface area contributed by atoms with E-state index in [1.165, 1.54) is 53.9 Å². The van der Waals surface area contributed by atoms with Gasteiger partial charge in [-0.05, 0) is 56.2 Å². The molecule has 0 spiro atoms. The maximum atomic E-state index is 6.11. The molecule has 0 radical (unpaired) electrons. The number of benzene rings is 1. The van der Waals surface area contributed by atoms with Crippen LogP contribution >= 0.6 is 0 Å². The monoisotopic (exact) mass is 281 g/mol. The third-order valence-electron chi connectivity index (χ3n) is 5.08. The number of aryl methyl sites for hydroxylation is 3. The quantitative estimate of drug-likeness (QED) is 0.873. The molecular weight excluding hydrogens is 258 g/mol. The van der Waals surface area contributed by atoms with Crippen molar-refractivity contribution in [3.05, 3.63) is 40.8 Å². The van der Waals surface area contributed by atoms with Crippen LogP contribution < -0.4 is 5.73 Å². The summed E-state index contributed by atoms with van der Waals surface area (Å²) in [6, 6.07) is 7.22. The van der Waals surface area contributed by atoms with Crippen molar-refractivity contribution in [3.63, 3.8) is 0 Å². The van der Waals surface area contributed by atoms with Gasteiger partial charge in [0.25, 0.3) is 0 Å². The summed E-state index contributed by atoms with van der Waals surface area (Å²) in [5.41, 5.74) is 12.9. The molecule has 1 aromatic carbocycles. The molecule has 3 nitrogen and oxygen atoms in total. The van der Waals surface area contributed by atoms with Crippen LogP contribution in [-0.4, -0.2) is 15.6 Å². The van der Waals surface area contributed by atoms with Crippen LogP contribution in [0.3, 0.4) is 0 Å². The highest BCUT2D eigenvalue weighted by Crippen LogP contribution is 2.30. The lowest BCUT2D eigenvalue weighted by molar-refractivity contribution is 0.448. The van der Waals surface area contributed by atoms with Crippen LogP contribution in [0.1, 0.15) is 41.9 Å². The number of imidazole rings is 1. The molecule has 2 N–H and O–H groups in total. The number of hydrogen-bond donors (Lipinski definition) is 1. The van der Waals surface area contributed by atoms with Crippen molar-refractivity contribution in [1.82, 2.24) is 9.55 Å². The van der Waals surface area contributed by atoms with Crippen LogP contribution in [0.25, 0.3) is 11.3 Å². The molecule has 1 aliphatic carbocycles. The normalized spacial score (nSPS) is 21.0. The van der Waals surface area contributed by atoms with Crippen molar-refractivity contribution in [3.8, 4) is 11.3 Å². The van der Waals surface area contributed by atoms with E-state index in [4.69, 9.17) is 10.7 Å². The number of fused-ring (bicyclic) bond motifs is 2. The van der Waals surface area contributed by atoms with Gasteiger partial charge in [-0.1, -0.05) is 12.1 Å². The van der Waals surface area contributed by atoms with Gasteiger partial charge in [0, 0.05) is 30.3 Å². The summed E-state index contributed by atoms with van der Waals surface area (Å²) in [6.07, 6.45) is 7.18. The maximum absolute atomic E-state index is 6.11. The SMILES string of the molecule is Cc1c(-c2ccc3c(c2)CCCC3)nc2n1CC(N)CC2. The van der Waals surface area contributed by atoms with Crippen LogP contribution in [0, 0.1) is 6.92 Å². The lowest BCUT2D eigenvalue weighted by atomic mass is 9.90. The number of nitrogens with zero attached hydrogens (tertiary/aromatic N) is 2. The molecule has 4 rings (SSSR count). The first-order valence-electron chi connectivity index (χ1n) is 8.16. The number of rotatable bonds is 1. The maximum Gasteiger partial charge on any atom is 0.109 e. The zero-order valence-corrected chi connectivity index (χ0v) is 12.7. The van der Waals surface area contributed by atoms with Gasteiger partial charge in [-0.3, -0.25) is 0 Å². The molecule has 2 heterocycles. The van der Waals surface area contributed by atoms with Crippen molar-refractivity contribution >= 4 is 0 Å². The van der Waals surface area contributed by atoms with Gasteiger partial charge in [0.2, 0.25) is 0 Å². The highest BCUT2D eigenvalue weighted by molar-refractivity contribution is 5.64. The zero-order chi connectivity index (χ0) is 14.4. The largest absolute Gasteiger partial charge is 0.330 e. The molecule has 2 aromatic rings. The van der Waals surface area contributed by atoms with Gasteiger partial charge >= 0.3 is 0 Å². The second kappa shape index (κ2) is 4.99. The lowest BCUT2D eigenvalue weighted by Gasteiger charge is -2.21. The second-order valence-electron chi connectivity index (χ2n) is 6.56. The van der Waals surface area contributed by atoms with E-state index in [0.29, 0.717) is 0 Å². The van der Waals surface area contributed by atoms with Crippen LogP contribution in [0.4, 0.5) is 0 Å². The zero-order valence-electron chi connectivity index (χ0n) is 12.7. The summed E-state index contributed by atoms with van der Waals surface area (Å²) in [6.45, 7) is 3.10. The Hall–Kier alpha value is -1.61. The summed E-state index contributed by atoms with van der Waals surface area (Å²) < 4.78 is 2.32. The summed E-state index contributed by atoms with van der Waals surface area (Å²) >= 11 is 0. The predicted molar refractivity (Wildman–Crippen MR) is 85.3 cm³/mol. The Bertz CT molecular complexity index is 684. The summed E-state index contributed by atoms with van der Waals surface area (Å²) in [5, 5.41) is 0. The van der Waals surface area contributed by atoms with Crippen LogP contribution in [0.15, 0.2) is 18.2 Å². The van der Waals surface area contributed by atoms with Crippen molar-refractivity contribution in [1.29, 1.82) is 0 Å². The van der Waals surface area contributed by atoms with Gasteiger partial charge in [-0.2, -0.15) is 0 Å². The molecule has 1 atom stereocenters. The Morgan fingerprint density at radius 2 is 1.95 bits per heavy atom. The van der Waals surface area contributed by atoms with Gasteiger partial charge in [-0.15, -0.1) is 0 Å². The molecule has 1 aliphatic heterocycles. The predicted octanol–water partition coefficient (Wildman–Crippen LogP) is 3.01. The van der Waals surface area contributed by atoms with Gasteiger partial charge in [0.15, 0.2) is 0 Å². The van der Waals surface area contributed by atoms with E-state index in [1.807, 2.05) is 0 Å². The Morgan fingerprint density at radius 3 is 2.81 bits per heavy atom. The highest BCUT2D eigenvalue weighted by Gasteiger charge is 2.22. The summed E-state index contributed by atoms with van der Waals surface area (Å²) in [7, 11) is 0. The first-order chi connectivity index (χ1) is 10.2. The number of nitrogens with two attached hydrogens (primary N) is 1. The fraction of sp³-hybridized carbons (Fsp3) is 0.500. The van der Waals surface area contributed by atoms with E-state index in [2.05, 4.69) is 29.7 Å². The Labute approximate surface area is 126 Å². The van der Waals surface area contributed by atoms with Gasteiger partial charge in [-0.25, -0.2) is 4.98 Å². The molecule has 0 amide bonds. The Kier molecular flexibility index (Phi) is 3.11. The molecular formula is C18H23N3. The highest BCUT2D eigenvalue weighted by atomic mass is 15.1. The van der Waals surface area contributed by atoms with E-state index >= 15 is 0 Å². The third-order valence-corrected chi connectivity index (χ3v) is 5.08. The molecule has 0 saturated carbocycles. The lowest BCUT2D eigenvalue weighted by Crippen LogP contribution is -2.32. The standard InChI is InChI=1S/C18H23N3/c1-12-18(20-17-9-8-16(19)11-21(12)17)15-7-6-13-4-2-3-5-14(13)10-15/h6-7,10,16H,2-5,8-9,11,19H2,1H3. The van der Waals surface area contributed by atoms with E-state index in [1.54, 1.807) is 0 Å². The second-order valence-corrected chi connectivity index (χ2v) is 6.56. The minimum absolute atomic E-state index is 0.279. The van der Waals surface area contributed by atoms with Crippen LogP contribution in [0.5, 0.6) is 0 Å². The van der Waals surface area contributed by atoms with Crippen LogP contribution in [-0.2, 0) is 25.8 Å². The van der Waals surface area contributed by atoms with Crippen molar-refractivity contribution in [2.45, 2.75) is 58.0 Å². The fourth-order valence-corrected chi connectivity index (χ4v) is 3.82. The van der Waals surface area contributed by atoms with Gasteiger partial charge in [0.05, 0.1) is 5.69 Å². The molecule has 110 valence electrons. The summed E-state index contributed by atoms with van der Waals surface area (Å²) in [5.74, 6) is 1.21. The smallest absolute Gasteiger partial charge is 0.109 e. The molecule has 3 heteroatoms. The van der Waals surface area contributed by atoms with E-state index in [0.717, 1.165) is 25.1 Å². The number of aromatic nitrogens is 2. The molecule has 0 fully saturated rings. The van der Waals surface area contributed by atoms with E-state index in [9.17, 15) is 0 Å². The topological polar surface area (TPSA) is 43.8 Å². The van der Waals surface area contributed by atoms with Gasteiger partial charge in [0.1, 0.15) is 5.82 Å². The Morgan fingerprint density at radius 1 is 1.14 bits per heavy atom. The first kappa shape index (κ1) is 13.1. The molecule has 1 aromatic heterocycles. The molecule has 0 saturated heterocycles. The first-order valence-corrected chi connectivity index (χ1v) is 8.16. The fourth-order valence-electron chi connectivity index (χ4n) is 3.82. The number of hydrogen-bond acceptors (Lipinski definition) is 2. The molecule has 0 bridgehead atoms. The molecule has 21 heavy (non-hydrogen) atoms. The van der Waals surface area contributed by atoms with Crippen molar-refractivity contribution in [2.24, 2.45) is 5.73 Å². The third kappa shape index (κ3) is 2.20. The van der Waals surface area contributed by atoms with E-state index < -0.39 is 0 Å². The summed E-state index contributed by atoms with van der Waals surface area (Å²) in [4.78, 5) is 4.91. The van der Waals surface area contributed by atoms with E-state index in [-0.39, 0.29) is 6.04 Å². The molecule has 2 aliphatic rings. The van der Waals surface area contributed by atoms with Crippen molar-refractivity contribution in [2.75, 3.05) is 0 Å². The van der Waals surface area contributed by atoms with Gasteiger partial charge < -0.3 is 10.3 Å². The van der Waals surface area contributed by atoms with Crippen LogP contribution in [0.2, 0.25) is 0 Å². The minimum atomic E-state index is 0.279. The van der Waals surface area contributed by atoms with Crippen molar-refractivity contribution < 1.29 is 0 Å². The minimum Gasteiger partial charge on any atom is -0.330 e.